The predicted octanol–water partition coefficient (Wildman–Crippen LogP) is 2.66. The third-order valence-corrected chi connectivity index (χ3v) is 5.46. The molecule has 1 aliphatic rings. The van der Waals surface area contributed by atoms with Gasteiger partial charge in [0, 0.05) is 36.3 Å². The molecular weight excluding hydrogens is 376 g/mol. The molecule has 4 rings (SSSR count). The molecule has 148 valence electrons. The number of thiazole rings is 1. The predicted molar refractivity (Wildman–Crippen MR) is 109 cm³/mol. The standard InChI is InChI=1S/C19H24N6O2S/c1-19(2,3)23-15-10-14(17(27)24-6-4-12(26)5-7-24)21-16(22-15)13-11-20-25-8-9-28-18(13)25/h8-12,26H,4-7H2,1-3H3,(H,21,22,23). The number of nitrogens with zero attached hydrogens (tertiary/aromatic N) is 5. The quantitative estimate of drug-likeness (QED) is 0.702. The number of anilines is 1. The van der Waals surface area contributed by atoms with Crippen molar-refractivity contribution in [2.75, 3.05) is 18.4 Å². The van der Waals surface area contributed by atoms with E-state index in [1.165, 1.54) is 0 Å². The Balaban J connectivity index is 1.74. The minimum absolute atomic E-state index is 0.137. The molecule has 0 spiro atoms. The molecule has 0 atom stereocenters. The van der Waals surface area contributed by atoms with Crippen LogP contribution in [0, 0.1) is 0 Å². The fraction of sp³-hybridized carbons (Fsp3) is 0.474. The van der Waals surface area contributed by atoms with Gasteiger partial charge in [-0.15, -0.1) is 11.3 Å². The topological polar surface area (TPSA) is 95.7 Å². The van der Waals surface area contributed by atoms with E-state index in [9.17, 15) is 9.90 Å². The first-order valence-electron chi connectivity index (χ1n) is 9.36. The molecular formula is C19H24N6O2S. The molecule has 3 aromatic rings. The molecule has 4 heterocycles. The zero-order chi connectivity index (χ0) is 19.9. The lowest BCUT2D eigenvalue weighted by molar-refractivity contribution is 0.0541. The summed E-state index contributed by atoms with van der Waals surface area (Å²) in [6.45, 7) is 7.19. The number of nitrogens with one attached hydrogen (secondary N) is 1. The fourth-order valence-electron chi connectivity index (χ4n) is 3.24. The van der Waals surface area contributed by atoms with Crippen molar-refractivity contribution in [3.05, 3.63) is 29.5 Å². The molecule has 9 heteroatoms. The number of aliphatic hydroxyl groups excluding tert-OH is 1. The molecule has 0 aromatic carbocycles. The van der Waals surface area contributed by atoms with E-state index in [4.69, 9.17) is 0 Å². The first-order chi connectivity index (χ1) is 13.3. The first-order valence-corrected chi connectivity index (χ1v) is 10.2. The molecule has 1 fully saturated rings. The van der Waals surface area contributed by atoms with Crippen LogP contribution in [-0.4, -0.2) is 60.2 Å². The summed E-state index contributed by atoms with van der Waals surface area (Å²) in [5, 5.41) is 19.4. The average molecular weight is 401 g/mol. The van der Waals surface area contributed by atoms with Gasteiger partial charge in [-0.3, -0.25) is 4.79 Å². The van der Waals surface area contributed by atoms with Gasteiger partial charge in [0.25, 0.3) is 5.91 Å². The highest BCUT2D eigenvalue weighted by Gasteiger charge is 2.25. The van der Waals surface area contributed by atoms with Crippen molar-refractivity contribution >= 4 is 27.9 Å². The number of piperidine rings is 1. The number of carbonyl (C=O) groups excluding carboxylic acids is 1. The number of hydrogen-bond donors (Lipinski definition) is 2. The van der Waals surface area contributed by atoms with Crippen molar-refractivity contribution in [1.82, 2.24) is 24.5 Å². The van der Waals surface area contributed by atoms with Gasteiger partial charge < -0.3 is 15.3 Å². The van der Waals surface area contributed by atoms with Gasteiger partial charge in [0.2, 0.25) is 0 Å². The average Bonchev–Trinajstić information content (AvgIpc) is 3.23. The molecule has 0 saturated carbocycles. The second-order valence-electron chi connectivity index (χ2n) is 8.07. The van der Waals surface area contributed by atoms with Crippen LogP contribution in [0.5, 0.6) is 0 Å². The lowest BCUT2D eigenvalue weighted by atomic mass is 10.1. The highest BCUT2D eigenvalue weighted by Crippen LogP contribution is 2.27. The van der Waals surface area contributed by atoms with E-state index in [0.717, 1.165) is 10.4 Å². The maximum Gasteiger partial charge on any atom is 0.272 e. The Bertz CT molecular complexity index is 997. The largest absolute Gasteiger partial charge is 0.393 e. The summed E-state index contributed by atoms with van der Waals surface area (Å²) in [6.07, 6.45) is 4.47. The van der Waals surface area contributed by atoms with Crippen LogP contribution in [0.4, 0.5) is 5.82 Å². The number of likely N-dealkylation sites (tertiary alicyclic amines) is 1. The number of fused-ring (bicyclic) bond motifs is 1. The monoisotopic (exact) mass is 400 g/mol. The van der Waals surface area contributed by atoms with Crippen molar-refractivity contribution in [3.8, 4) is 11.4 Å². The number of hydrogen-bond acceptors (Lipinski definition) is 7. The van der Waals surface area contributed by atoms with E-state index in [0.29, 0.717) is 43.3 Å². The van der Waals surface area contributed by atoms with Gasteiger partial charge in [-0.1, -0.05) is 0 Å². The smallest absolute Gasteiger partial charge is 0.272 e. The summed E-state index contributed by atoms with van der Waals surface area (Å²) in [5.41, 5.74) is 0.943. The van der Waals surface area contributed by atoms with Crippen LogP contribution in [0.3, 0.4) is 0 Å². The van der Waals surface area contributed by atoms with Crippen molar-refractivity contribution in [2.45, 2.75) is 45.3 Å². The van der Waals surface area contributed by atoms with Crippen molar-refractivity contribution in [3.63, 3.8) is 0 Å². The second kappa shape index (κ2) is 7.14. The first kappa shape index (κ1) is 18.8. The Labute approximate surface area is 167 Å². The van der Waals surface area contributed by atoms with Gasteiger partial charge >= 0.3 is 0 Å². The molecule has 0 bridgehead atoms. The lowest BCUT2D eigenvalue weighted by Gasteiger charge is -2.29. The van der Waals surface area contributed by atoms with Gasteiger partial charge in [-0.25, -0.2) is 14.5 Å². The van der Waals surface area contributed by atoms with Crippen LogP contribution in [0.25, 0.3) is 16.2 Å². The molecule has 3 aromatic heterocycles. The third kappa shape index (κ3) is 3.85. The lowest BCUT2D eigenvalue weighted by Crippen LogP contribution is -2.40. The van der Waals surface area contributed by atoms with Crippen LogP contribution < -0.4 is 5.32 Å². The molecule has 0 aliphatic carbocycles. The highest BCUT2D eigenvalue weighted by atomic mass is 32.1. The van der Waals surface area contributed by atoms with E-state index < -0.39 is 0 Å². The fourth-order valence-corrected chi connectivity index (χ4v) is 4.03. The minimum Gasteiger partial charge on any atom is -0.393 e. The van der Waals surface area contributed by atoms with Gasteiger partial charge in [-0.2, -0.15) is 5.10 Å². The molecule has 8 nitrogen and oxygen atoms in total. The molecule has 1 aliphatic heterocycles. The van der Waals surface area contributed by atoms with Crippen molar-refractivity contribution < 1.29 is 9.90 Å². The Kier molecular flexibility index (Phi) is 4.80. The minimum atomic E-state index is -0.331. The maximum absolute atomic E-state index is 13.1. The van der Waals surface area contributed by atoms with E-state index in [1.54, 1.807) is 33.0 Å². The normalized spacial score (nSPS) is 15.9. The number of amides is 1. The SMILES string of the molecule is CC(C)(C)Nc1cc(C(=O)N2CCC(O)CC2)nc(-c2cnn3ccsc23)n1. The van der Waals surface area contributed by atoms with E-state index >= 15 is 0 Å². The van der Waals surface area contributed by atoms with Crippen LogP contribution >= 0.6 is 11.3 Å². The summed E-state index contributed by atoms with van der Waals surface area (Å²) >= 11 is 1.55. The van der Waals surface area contributed by atoms with Crippen molar-refractivity contribution in [2.24, 2.45) is 0 Å². The van der Waals surface area contributed by atoms with Crippen LogP contribution in [0.2, 0.25) is 0 Å². The summed E-state index contributed by atoms with van der Waals surface area (Å²) in [5.74, 6) is 0.947. The summed E-state index contributed by atoms with van der Waals surface area (Å²) in [4.78, 5) is 25.0. The second-order valence-corrected chi connectivity index (χ2v) is 8.97. The zero-order valence-electron chi connectivity index (χ0n) is 16.2. The van der Waals surface area contributed by atoms with E-state index in [-0.39, 0.29) is 17.6 Å². The van der Waals surface area contributed by atoms with Gasteiger partial charge in [0.15, 0.2) is 5.82 Å². The Morgan fingerprint density at radius 3 is 2.75 bits per heavy atom. The third-order valence-electron chi connectivity index (χ3n) is 4.57. The molecule has 1 saturated heterocycles. The number of aliphatic hydroxyl groups is 1. The number of aromatic nitrogens is 4. The van der Waals surface area contributed by atoms with Gasteiger partial charge in [0.1, 0.15) is 16.3 Å². The molecule has 0 unspecified atom stereocenters. The Morgan fingerprint density at radius 2 is 2.04 bits per heavy atom. The van der Waals surface area contributed by atoms with Crippen LogP contribution in [0.15, 0.2) is 23.8 Å². The van der Waals surface area contributed by atoms with Crippen molar-refractivity contribution in [1.29, 1.82) is 0 Å². The number of carbonyl (C=O) groups is 1. The maximum atomic E-state index is 13.1. The Morgan fingerprint density at radius 1 is 1.29 bits per heavy atom. The van der Waals surface area contributed by atoms with E-state index in [1.807, 2.05) is 32.3 Å². The van der Waals surface area contributed by atoms with Gasteiger partial charge in [-0.05, 0) is 33.6 Å². The van der Waals surface area contributed by atoms with Crippen LogP contribution in [-0.2, 0) is 0 Å². The summed E-state index contributed by atoms with van der Waals surface area (Å²) < 4.78 is 1.78. The van der Waals surface area contributed by atoms with Gasteiger partial charge in [0.05, 0.1) is 17.9 Å². The number of rotatable bonds is 3. The molecule has 28 heavy (non-hydrogen) atoms. The zero-order valence-corrected chi connectivity index (χ0v) is 17.0. The Hall–Kier alpha value is -2.52. The van der Waals surface area contributed by atoms with Crippen LogP contribution in [0.1, 0.15) is 44.1 Å². The molecule has 1 amide bonds. The highest BCUT2D eigenvalue weighted by molar-refractivity contribution is 7.16. The molecule has 0 radical (unpaired) electrons. The summed E-state index contributed by atoms with van der Waals surface area (Å²) in [6, 6.07) is 1.71. The summed E-state index contributed by atoms with van der Waals surface area (Å²) in [7, 11) is 0. The molecule has 2 N–H and O–H groups in total. The van der Waals surface area contributed by atoms with E-state index in [2.05, 4.69) is 20.4 Å².